The number of amides is 6. The molecule has 0 unspecified atom stereocenters. The first-order valence-electron chi connectivity index (χ1n) is 32.6. The van der Waals surface area contributed by atoms with E-state index in [1.807, 2.05) is 38.0 Å². The number of ether oxygens (including phenoxy) is 6. The number of nitrogens with zero attached hydrogens (tertiary/aromatic N) is 2. The molecule has 0 aliphatic heterocycles. The lowest BCUT2D eigenvalue weighted by Crippen LogP contribution is -2.44. The summed E-state index contributed by atoms with van der Waals surface area (Å²) >= 11 is 0. The van der Waals surface area contributed by atoms with Crippen molar-refractivity contribution in [3.8, 4) is 34.5 Å². The van der Waals surface area contributed by atoms with Gasteiger partial charge in [0.2, 0.25) is 0 Å². The van der Waals surface area contributed by atoms with Crippen LogP contribution in [0, 0.1) is 0 Å². The first-order valence-corrected chi connectivity index (χ1v) is 32.6. The highest BCUT2D eigenvalue weighted by molar-refractivity contribution is 6.05. The zero-order chi connectivity index (χ0) is 65.2. The SMILES string of the molecule is COc1cc(OC)c(C(=O)N[C@H]2CC[C@H](NC(=O)c3cc(C(=O)NCCN(C)C)c(OCCCCCN)cc3OCCCCCN)CC2)cc1C(=O)N[C@H]1CC[C@H](NC(=O)c2cc(C(=O)NCCN(C)C)c(OCCCCCN)cc2OCCCCCN)CC1. The molecule has 2 fully saturated rings. The van der Waals surface area contributed by atoms with E-state index in [0.29, 0.717) is 153 Å². The molecule has 14 N–H and O–H groups in total. The molecule has 24 heteroatoms. The van der Waals surface area contributed by atoms with Crippen LogP contribution in [0.15, 0.2) is 36.4 Å². The molecule has 6 amide bonds. The fraction of sp³-hybridized carbons (Fsp3) is 0.636. The molecule has 2 saturated carbocycles. The van der Waals surface area contributed by atoms with E-state index in [1.54, 1.807) is 24.3 Å². The van der Waals surface area contributed by atoms with E-state index in [-0.39, 0.29) is 80.9 Å². The smallest absolute Gasteiger partial charge is 0.255 e. The molecule has 3 aromatic rings. The Kier molecular flexibility index (Phi) is 33.4. The van der Waals surface area contributed by atoms with Crippen molar-refractivity contribution in [3.63, 3.8) is 0 Å². The Morgan fingerprint density at radius 3 is 0.822 bits per heavy atom. The van der Waals surface area contributed by atoms with Crippen molar-refractivity contribution in [2.75, 3.05) is 121 Å². The summed E-state index contributed by atoms with van der Waals surface area (Å²) in [5.74, 6) is -0.651. The number of nitrogens with one attached hydrogen (secondary N) is 6. The largest absolute Gasteiger partial charge is 0.496 e. The number of likely N-dealkylation sites (N-methyl/N-ethyl adjacent to an activating group) is 2. The van der Waals surface area contributed by atoms with Crippen LogP contribution in [0.25, 0.3) is 0 Å². The Morgan fingerprint density at radius 2 is 0.589 bits per heavy atom. The van der Waals surface area contributed by atoms with Gasteiger partial charge in [-0.25, -0.2) is 0 Å². The molecular formula is C66H106N12O12. The molecule has 0 atom stereocenters. The molecule has 3 aromatic carbocycles. The van der Waals surface area contributed by atoms with Gasteiger partial charge in [0.05, 0.1) is 74.0 Å². The molecule has 2 aliphatic carbocycles. The van der Waals surface area contributed by atoms with Crippen LogP contribution in [0.3, 0.4) is 0 Å². The Balaban J connectivity index is 1.23. The summed E-state index contributed by atoms with van der Waals surface area (Å²) in [4.78, 5) is 88.3. The van der Waals surface area contributed by atoms with Crippen molar-refractivity contribution in [2.24, 2.45) is 22.9 Å². The second kappa shape index (κ2) is 40.7. The summed E-state index contributed by atoms with van der Waals surface area (Å²) in [7, 11) is 10.6. The standard InChI is InChI=1S/C66H106N12O12/c1-77(2)33-31-71-61(79)51-40-53(59(89-37-17-9-13-29-69)43-57(51)87-35-15-7-11-27-67)65(83)75-47-23-19-45(20-24-47)73-63(81)49-39-50(56(86-6)42-55(49)85-5)64(82)74-46-21-25-48(26-22-46)76-66(84)54-41-52(62(80)72-32-34-78(3)4)58(88-36-16-8-12-28-68)44-60(54)90-38-18-10-14-30-70/h39-48H,7-38,67-70H2,1-6H3,(H,71,79)(H,72,80)(H,73,81)(H,74,82)(H,75,83)(H,76,84)/t45-,46-,47-,48-. The molecule has 2 aliphatic rings. The average Bonchev–Trinajstić information content (AvgIpc) is 0.977. The normalized spacial score (nSPS) is 16.4. The van der Waals surface area contributed by atoms with E-state index in [9.17, 15) is 28.8 Å². The number of hydrogen-bond donors (Lipinski definition) is 10. The van der Waals surface area contributed by atoms with Gasteiger partial charge < -0.3 is 93.1 Å². The van der Waals surface area contributed by atoms with Crippen LogP contribution in [0.2, 0.25) is 0 Å². The van der Waals surface area contributed by atoms with E-state index >= 15 is 0 Å². The molecular weight excluding hydrogens is 1150 g/mol. The second-order valence-electron chi connectivity index (χ2n) is 23.8. The predicted octanol–water partition coefficient (Wildman–Crippen LogP) is 5.26. The van der Waals surface area contributed by atoms with Crippen molar-refractivity contribution < 1.29 is 57.2 Å². The van der Waals surface area contributed by atoms with Crippen LogP contribution in [0.1, 0.15) is 191 Å². The van der Waals surface area contributed by atoms with Gasteiger partial charge >= 0.3 is 0 Å². The van der Waals surface area contributed by atoms with Crippen LogP contribution < -0.4 is 83.3 Å². The molecule has 0 saturated heterocycles. The van der Waals surface area contributed by atoms with Crippen molar-refractivity contribution in [2.45, 2.75) is 153 Å². The molecule has 5 rings (SSSR count). The second-order valence-corrected chi connectivity index (χ2v) is 23.8. The lowest BCUT2D eigenvalue weighted by Gasteiger charge is -2.30. The maximum absolute atomic E-state index is 14.3. The van der Waals surface area contributed by atoms with Gasteiger partial charge in [-0.05, 0) is 201 Å². The summed E-state index contributed by atoms with van der Waals surface area (Å²) in [5, 5.41) is 18.5. The summed E-state index contributed by atoms with van der Waals surface area (Å²) < 4.78 is 36.2. The van der Waals surface area contributed by atoms with Crippen molar-refractivity contribution in [1.29, 1.82) is 0 Å². The van der Waals surface area contributed by atoms with Crippen LogP contribution in [0.4, 0.5) is 0 Å². The van der Waals surface area contributed by atoms with E-state index in [1.165, 1.54) is 26.4 Å². The van der Waals surface area contributed by atoms with Crippen LogP contribution >= 0.6 is 0 Å². The predicted molar refractivity (Wildman–Crippen MR) is 350 cm³/mol. The van der Waals surface area contributed by atoms with Gasteiger partial charge in [-0.2, -0.15) is 0 Å². The maximum Gasteiger partial charge on any atom is 0.255 e. The van der Waals surface area contributed by atoms with E-state index in [4.69, 9.17) is 51.4 Å². The molecule has 90 heavy (non-hydrogen) atoms. The Bertz CT molecular complexity index is 2540. The van der Waals surface area contributed by atoms with Gasteiger partial charge in [-0.1, -0.05) is 0 Å². The van der Waals surface area contributed by atoms with Crippen molar-refractivity contribution in [3.05, 3.63) is 69.8 Å². The number of rotatable bonds is 42. The lowest BCUT2D eigenvalue weighted by atomic mass is 9.90. The van der Waals surface area contributed by atoms with E-state index in [2.05, 4.69) is 31.9 Å². The minimum atomic E-state index is -0.434. The van der Waals surface area contributed by atoms with Crippen molar-refractivity contribution in [1.82, 2.24) is 41.7 Å². The third-order valence-corrected chi connectivity index (χ3v) is 16.1. The van der Waals surface area contributed by atoms with E-state index < -0.39 is 23.6 Å². The molecule has 0 radical (unpaired) electrons. The van der Waals surface area contributed by atoms with Crippen LogP contribution in [0.5, 0.6) is 34.5 Å². The highest BCUT2D eigenvalue weighted by atomic mass is 16.5. The first kappa shape index (κ1) is 73.8. The fourth-order valence-corrected chi connectivity index (χ4v) is 10.8. The quantitative estimate of drug-likeness (QED) is 0.0323. The topological polar surface area (TPSA) is 341 Å². The zero-order valence-corrected chi connectivity index (χ0v) is 54.5. The summed E-state index contributed by atoms with van der Waals surface area (Å²) in [6, 6.07) is 8.43. The Morgan fingerprint density at radius 1 is 0.356 bits per heavy atom. The monoisotopic (exact) mass is 1260 g/mol. The third-order valence-electron chi connectivity index (χ3n) is 16.1. The minimum Gasteiger partial charge on any atom is -0.496 e. The number of benzene rings is 3. The highest BCUT2D eigenvalue weighted by Gasteiger charge is 2.32. The van der Waals surface area contributed by atoms with Crippen LogP contribution in [-0.4, -0.2) is 191 Å². The molecule has 502 valence electrons. The van der Waals surface area contributed by atoms with Crippen molar-refractivity contribution >= 4 is 35.4 Å². The summed E-state index contributed by atoms with van der Waals surface area (Å²) in [6.07, 6.45) is 14.2. The van der Waals surface area contributed by atoms with Gasteiger partial charge in [-0.3, -0.25) is 28.8 Å². The molecule has 0 heterocycles. The number of unbranched alkanes of at least 4 members (excludes halogenated alkanes) is 8. The number of hydrogen-bond acceptors (Lipinski definition) is 18. The fourth-order valence-electron chi connectivity index (χ4n) is 10.8. The summed E-state index contributed by atoms with van der Waals surface area (Å²) in [5.41, 5.74) is 24.1. The number of nitrogens with two attached hydrogens (primary N) is 4. The number of carbonyl (C=O) groups is 6. The van der Waals surface area contributed by atoms with E-state index in [0.717, 1.165) is 77.0 Å². The van der Waals surface area contributed by atoms with Gasteiger partial charge in [0.1, 0.15) is 34.5 Å². The Labute approximate surface area is 533 Å². The van der Waals surface area contributed by atoms with Gasteiger partial charge in [-0.15, -0.1) is 0 Å². The third kappa shape index (κ3) is 24.7. The zero-order valence-electron chi connectivity index (χ0n) is 54.5. The highest BCUT2D eigenvalue weighted by Crippen LogP contribution is 2.35. The minimum absolute atomic E-state index is 0.153. The maximum atomic E-state index is 14.3. The average molecular weight is 1260 g/mol. The number of methoxy groups -OCH3 is 2. The lowest BCUT2D eigenvalue weighted by molar-refractivity contribution is 0.0882. The van der Waals surface area contributed by atoms with Gasteiger partial charge in [0.25, 0.3) is 35.4 Å². The first-order chi connectivity index (χ1) is 43.5. The van der Waals surface area contributed by atoms with Gasteiger partial charge in [0, 0.05) is 68.5 Å². The molecule has 0 bridgehead atoms. The molecule has 24 nitrogen and oxygen atoms in total. The molecule has 0 spiro atoms. The Hall–Kier alpha value is -6.96. The number of carbonyl (C=O) groups excluding carboxylic acids is 6. The molecule has 0 aromatic heterocycles. The summed E-state index contributed by atoms with van der Waals surface area (Å²) in [6.45, 7) is 5.71. The van der Waals surface area contributed by atoms with Crippen LogP contribution in [-0.2, 0) is 0 Å². The van der Waals surface area contributed by atoms with Gasteiger partial charge in [0.15, 0.2) is 0 Å².